The van der Waals surface area contributed by atoms with E-state index in [1.54, 1.807) is 0 Å². The molecule has 1 amide bonds. The van der Waals surface area contributed by atoms with E-state index >= 15 is 0 Å². The van der Waals surface area contributed by atoms with Crippen LogP contribution in [0.15, 0.2) is 24.3 Å². The molecule has 25 heavy (non-hydrogen) atoms. The molecule has 2 aliphatic heterocycles. The smallest absolute Gasteiger partial charge is 0.220 e. The highest BCUT2D eigenvalue weighted by atomic mass is 16.5. The van der Waals surface area contributed by atoms with Crippen LogP contribution in [-0.2, 0) is 9.53 Å². The Morgan fingerprint density at radius 1 is 1.24 bits per heavy atom. The summed E-state index contributed by atoms with van der Waals surface area (Å²) in [5, 5.41) is 12.1. The zero-order valence-electron chi connectivity index (χ0n) is 14.9. The summed E-state index contributed by atoms with van der Waals surface area (Å²) < 4.78 is 5.77. The quantitative estimate of drug-likeness (QED) is 0.894. The maximum absolute atomic E-state index is 12.2. The molecule has 1 N–H and O–H groups in total. The van der Waals surface area contributed by atoms with Gasteiger partial charge < -0.3 is 15.0 Å². The van der Waals surface area contributed by atoms with Gasteiger partial charge in [0.15, 0.2) is 0 Å². The predicted molar refractivity (Wildman–Crippen MR) is 97.3 cm³/mol. The number of ether oxygens (including phenoxy) is 1. The number of anilines is 1. The standard InChI is InChI=1S/C20H27N3O2/c1-15-2-7-19(25-15)8-9-20(24)22-17-10-12-23(13-11-17)18-5-3-16(14-21)4-6-18/h3-6,15,17,19H,2,7-13H2,1H3,(H,22,24). The van der Waals surface area contributed by atoms with Gasteiger partial charge in [-0.2, -0.15) is 5.26 Å². The van der Waals surface area contributed by atoms with E-state index in [0.29, 0.717) is 18.1 Å². The molecule has 2 unspecified atom stereocenters. The maximum Gasteiger partial charge on any atom is 0.220 e. The summed E-state index contributed by atoms with van der Waals surface area (Å²) in [6.45, 7) is 3.96. The molecule has 0 aliphatic carbocycles. The van der Waals surface area contributed by atoms with Gasteiger partial charge in [-0.1, -0.05) is 0 Å². The Hall–Kier alpha value is -2.06. The average molecular weight is 341 g/mol. The van der Waals surface area contributed by atoms with Crippen LogP contribution in [0.2, 0.25) is 0 Å². The fraction of sp³-hybridized carbons (Fsp3) is 0.600. The SMILES string of the molecule is CC1CCC(CCC(=O)NC2CCN(c3ccc(C#N)cc3)CC2)O1. The second-order valence-electron chi connectivity index (χ2n) is 7.17. The highest BCUT2D eigenvalue weighted by molar-refractivity contribution is 5.76. The van der Waals surface area contributed by atoms with Gasteiger partial charge in [0.2, 0.25) is 5.91 Å². The lowest BCUT2D eigenvalue weighted by Gasteiger charge is -2.34. The summed E-state index contributed by atoms with van der Waals surface area (Å²) in [7, 11) is 0. The van der Waals surface area contributed by atoms with Crippen LogP contribution in [0.25, 0.3) is 0 Å². The number of hydrogen-bond donors (Lipinski definition) is 1. The molecule has 1 aromatic carbocycles. The van der Waals surface area contributed by atoms with Gasteiger partial charge >= 0.3 is 0 Å². The fourth-order valence-corrected chi connectivity index (χ4v) is 3.72. The van der Waals surface area contributed by atoms with Crippen LogP contribution in [-0.4, -0.2) is 37.2 Å². The van der Waals surface area contributed by atoms with E-state index in [1.165, 1.54) is 0 Å². The molecule has 3 rings (SSSR count). The minimum absolute atomic E-state index is 0.153. The third-order valence-electron chi connectivity index (χ3n) is 5.23. The first kappa shape index (κ1) is 17.8. The summed E-state index contributed by atoms with van der Waals surface area (Å²) in [6, 6.07) is 10.1. The Balaban J connectivity index is 1.38. The lowest BCUT2D eigenvalue weighted by atomic mass is 10.0. The van der Waals surface area contributed by atoms with Crippen LogP contribution in [0.3, 0.4) is 0 Å². The van der Waals surface area contributed by atoms with Crippen LogP contribution in [0, 0.1) is 11.3 Å². The number of nitriles is 1. The van der Waals surface area contributed by atoms with E-state index < -0.39 is 0 Å². The normalized spacial score (nSPS) is 24.1. The molecule has 2 fully saturated rings. The summed E-state index contributed by atoms with van der Waals surface area (Å²) in [6.07, 6.45) is 6.12. The monoisotopic (exact) mass is 341 g/mol. The minimum Gasteiger partial charge on any atom is -0.375 e. The summed E-state index contributed by atoms with van der Waals surface area (Å²) in [5.41, 5.74) is 1.84. The van der Waals surface area contributed by atoms with Crippen molar-refractivity contribution in [1.29, 1.82) is 5.26 Å². The molecule has 2 saturated heterocycles. The molecular formula is C20H27N3O2. The summed E-state index contributed by atoms with van der Waals surface area (Å²) >= 11 is 0. The first-order valence-corrected chi connectivity index (χ1v) is 9.34. The van der Waals surface area contributed by atoms with Crippen LogP contribution >= 0.6 is 0 Å². The molecular weight excluding hydrogens is 314 g/mol. The van der Waals surface area contributed by atoms with E-state index in [-0.39, 0.29) is 18.1 Å². The predicted octanol–water partition coefficient (Wildman–Crippen LogP) is 2.99. The summed E-state index contributed by atoms with van der Waals surface area (Å²) in [4.78, 5) is 14.5. The van der Waals surface area contributed by atoms with Gasteiger partial charge in [0.25, 0.3) is 0 Å². The van der Waals surface area contributed by atoms with Crippen LogP contribution in [0.4, 0.5) is 5.69 Å². The minimum atomic E-state index is 0.153. The third kappa shape index (κ3) is 4.96. The van der Waals surface area contributed by atoms with Crippen LogP contribution < -0.4 is 10.2 Å². The number of carbonyl (C=O) groups excluding carboxylic acids is 1. The van der Waals surface area contributed by atoms with Crippen molar-refractivity contribution in [3.05, 3.63) is 29.8 Å². The number of piperidine rings is 1. The highest BCUT2D eigenvalue weighted by Crippen LogP contribution is 2.23. The van der Waals surface area contributed by atoms with Crippen molar-refractivity contribution < 1.29 is 9.53 Å². The molecule has 2 atom stereocenters. The zero-order valence-corrected chi connectivity index (χ0v) is 14.9. The second-order valence-corrected chi connectivity index (χ2v) is 7.17. The molecule has 5 heteroatoms. The molecule has 0 saturated carbocycles. The first-order chi connectivity index (χ1) is 12.1. The molecule has 0 spiro atoms. The van der Waals surface area contributed by atoms with Crippen molar-refractivity contribution >= 4 is 11.6 Å². The van der Waals surface area contributed by atoms with Crippen molar-refractivity contribution in [2.45, 2.75) is 63.7 Å². The number of nitrogens with one attached hydrogen (secondary N) is 1. The van der Waals surface area contributed by atoms with Gasteiger partial charge in [0.1, 0.15) is 0 Å². The van der Waals surface area contributed by atoms with Gasteiger partial charge in [-0.15, -0.1) is 0 Å². The number of rotatable bonds is 5. The molecule has 0 aromatic heterocycles. The largest absolute Gasteiger partial charge is 0.375 e. The van der Waals surface area contributed by atoms with Crippen molar-refractivity contribution in [2.24, 2.45) is 0 Å². The van der Waals surface area contributed by atoms with E-state index in [4.69, 9.17) is 10.00 Å². The van der Waals surface area contributed by atoms with E-state index in [0.717, 1.165) is 50.9 Å². The fourth-order valence-electron chi connectivity index (χ4n) is 3.72. The van der Waals surface area contributed by atoms with E-state index in [1.807, 2.05) is 24.3 Å². The zero-order chi connectivity index (χ0) is 17.6. The number of carbonyl (C=O) groups is 1. The molecule has 0 bridgehead atoms. The molecule has 2 aliphatic rings. The van der Waals surface area contributed by atoms with Crippen molar-refractivity contribution in [1.82, 2.24) is 5.32 Å². The van der Waals surface area contributed by atoms with Crippen molar-refractivity contribution in [2.75, 3.05) is 18.0 Å². The maximum atomic E-state index is 12.2. The van der Waals surface area contributed by atoms with Gasteiger partial charge in [0.05, 0.1) is 23.8 Å². The average Bonchev–Trinajstić information content (AvgIpc) is 3.06. The van der Waals surface area contributed by atoms with E-state index in [2.05, 4.69) is 23.2 Å². The molecule has 1 aromatic rings. The second kappa shape index (κ2) is 8.35. The number of hydrogen-bond acceptors (Lipinski definition) is 4. The van der Waals surface area contributed by atoms with Gasteiger partial charge in [-0.25, -0.2) is 0 Å². The lowest BCUT2D eigenvalue weighted by Crippen LogP contribution is -2.44. The Labute approximate surface area is 150 Å². The number of amides is 1. The van der Waals surface area contributed by atoms with Crippen LogP contribution in [0.1, 0.15) is 51.0 Å². The Morgan fingerprint density at radius 3 is 2.56 bits per heavy atom. The summed E-state index contributed by atoms with van der Waals surface area (Å²) in [5.74, 6) is 0.153. The topological polar surface area (TPSA) is 65.4 Å². The lowest BCUT2D eigenvalue weighted by molar-refractivity contribution is -0.122. The molecule has 2 heterocycles. The Morgan fingerprint density at radius 2 is 1.96 bits per heavy atom. The third-order valence-corrected chi connectivity index (χ3v) is 5.23. The molecule has 134 valence electrons. The van der Waals surface area contributed by atoms with Gasteiger partial charge in [0, 0.05) is 31.2 Å². The molecule has 0 radical (unpaired) electrons. The van der Waals surface area contributed by atoms with Gasteiger partial charge in [-0.3, -0.25) is 4.79 Å². The number of benzene rings is 1. The Bertz CT molecular complexity index is 615. The Kier molecular flexibility index (Phi) is 5.93. The van der Waals surface area contributed by atoms with Crippen LogP contribution in [0.5, 0.6) is 0 Å². The number of nitrogens with zero attached hydrogens (tertiary/aromatic N) is 2. The van der Waals surface area contributed by atoms with Gasteiger partial charge in [-0.05, 0) is 63.3 Å². The highest BCUT2D eigenvalue weighted by Gasteiger charge is 2.24. The van der Waals surface area contributed by atoms with E-state index in [9.17, 15) is 4.79 Å². The van der Waals surface area contributed by atoms with Crippen molar-refractivity contribution in [3.63, 3.8) is 0 Å². The van der Waals surface area contributed by atoms with Crippen molar-refractivity contribution in [3.8, 4) is 6.07 Å². The first-order valence-electron chi connectivity index (χ1n) is 9.34. The molecule has 5 nitrogen and oxygen atoms in total.